The molecule has 0 N–H and O–H groups in total. The quantitative estimate of drug-likeness (QED) is 0.537. The maximum atomic E-state index is 3.91. The maximum absolute atomic E-state index is 3.91. The second-order valence-corrected chi connectivity index (χ2v) is 2.02. The zero-order valence-corrected chi connectivity index (χ0v) is 5.28. The highest BCUT2D eigenvalue weighted by Gasteiger charge is 1.88. The third kappa shape index (κ3) is 0.739. The maximum Gasteiger partial charge on any atom is 0.0930 e. The first-order valence-electron chi connectivity index (χ1n) is 3.04. The number of aromatic nitrogens is 2. The molecular weight excluding hydrogens is 124 g/mol. The zero-order valence-electron chi connectivity index (χ0n) is 5.28. The van der Waals surface area contributed by atoms with Crippen LogP contribution in [0, 0.1) is 6.07 Å². The molecule has 0 saturated carbocycles. The molecule has 0 aliphatic heterocycles. The topological polar surface area (TPSA) is 25.8 Å². The fourth-order valence-electron chi connectivity index (χ4n) is 0.869. The van der Waals surface area contributed by atoms with E-state index in [9.17, 15) is 0 Å². The molecule has 0 saturated heterocycles. The number of hydrogen-bond donors (Lipinski definition) is 0. The molecule has 1 aromatic carbocycles. The van der Waals surface area contributed by atoms with Gasteiger partial charge in [-0.3, -0.25) is 0 Å². The van der Waals surface area contributed by atoms with Gasteiger partial charge < -0.3 is 0 Å². The summed E-state index contributed by atoms with van der Waals surface area (Å²) in [5, 5.41) is 8.74. The van der Waals surface area contributed by atoms with Crippen LogP contribution in [0.3, 0.4) is 0 Å². The molecule has 1 heterocycles. The highest BCUT2D eigenvalue weighted by atomic mass is 15.1. The number of rotatable bonds is 0. The van der Waals surface area contributed by atoms with Crippen molar-refractivity contribution in [3.8, 4) is 0 Å². The molecule has 1 radical (unpaired) electrons. The number of nitrogens with zero attached hydrogens (tertiary/aromatic N) is 2. The smallest absolute Gasteiger partial charge is 0.0930 e. The number of hydrogen-bond acceptors (Lipinski definition) is 2. The summed E-state index contributed by atoms with van der Waals surface area (Å²) in [6.07, 6.45) is 1.68. The molecule has 0 aliphatic rings. The van der Waals surface area contributed by atoms with Gasteiger partial charge >= 0.3 is 0 Å². The lowest BCUT2D eigenvalue weighted by Gasteiger charge is -1.89. The van der Waals surface area contributed by atoms with Gasteiger partial charge in [-0.15, -0.1) is 0 Å². The van der Waals surface area contributed by atoms with Crippen molar-refractivity contribution < 1.29 is 0 Å². The third-order valence-electron chi connectivity index (χ3n) is 1.36. The normalized spacial score (nSPS) is 10.0. The summed E-state index contributed by atoms with van der Waals surface area (Å²) in [5.74, 6) is 0. The van der Waals surface area contributed by atoms with E-state index in [0.29, 0.717) is 0 Å². The number of benzene rings is 1. The highest BCUT2D eigenvalue weighted by Crippen LogP contribution is 2.06. The highest BCUT2D eigenvalue weighted by molar-refractivity contribution is 5.76. The standard InChI is InChI=1S/C8H5N2/c1-2-4-8-7(3-1)5-6-9-10-8/h2-6H. The SMILES string of the molecule is [c]1ccc2nnccc2c1. The van der Waals surface area contributed by atoms with E-state index in [1.165, 1.54) is 0 Å². The van der Waals surface area contributed by atoms with Crippen LogP contribution in [0.2, 0.25) is 0 Å². The molecule has 2 heteroatoms. The van der Waals surface area contributed by atoms with Crippen molar-refractivity contribution in [1.82, 2.24) is 10.2 Å². The zero-order chi connectivity index (χ0) is 6.81. The summed E-state index contributed by atoms with van der Waals surface area (Å²) in [6, 6.07) is 10.5. The fourth-order valence-corrected chi connectivity index (χ4v) is 0.869. The van der Waals surface area contributed by atoms with Crippen molar-refractivity contribution in [1.29, 1.82) is 0 Å². The Balaban J connectivity index is 2.89. The van der Waals surface area contributed by atoms with Crippen LogP contribution < -0.4 is 0 Å². The van der Waals surface area contributed by atoms with E-state index in [1.54, 1.807) is 6.20 Å². The predicted octanol–water partition coefficient (Wildman–Crippen LogP) is 1.43. The van der Waals surface area contributed by atoms with Crippen molar-refractivity contribution in [3.63, 3.8) is 0 Å². The van der Waals surface area contributed by atoms with Crippen molar-refractivity contribution in [2.45, 2.75) is 0 Å². The Morgan fingerprint density at radius 3 is 3.20 bits per heavy atom. The number of fused-ring (bicyclic) bond motifs is 1. The second-order valence-electron chi connectivity index (χ2n) is 2.02. The van der Waals surface area contributed by atoms with Gasteiger partial charge in [0.05, 0.1) is 11.7 Å². The molecule has 2 aromatic rings. The van der Waals surface area contributed by atoms with Crippen LogP contribution in [0.5, 0.6) is 0 Å². The average Bonchev–Trinajstić information content (AvgIpc) is 2.05. The lowest BCUT2D eigenvalue weighted by molar-refractivity contribution is 1.08. The molecule has 0 atom stereocenters. The van der Waals surface area contributed by atoms with Crippen molar-refractivity contribution in [2.75, 3.05) is 0 Å². The minimum absolute atomic E-state index is 0.918. The lowest BCUT2D eigenvalue weighted by atomic mass is 10.2. The van der Waals surface area contributed by atoms with Gasteiger partial charge in [-0.2, -0.15) is 10.2 Å². The Kier molecular flexibility index (Phi) is 1.10. The van der Waals surface area contributed by atoms with Gasteiger partial charge in [-0.05, 0) is 24.3 Å². The molecule has 10 heavy (non-hydrogen) atoms. The van der Waals surface area contributed by atoms with Gasteiger partial charge in [0.15, 0.2) is 0 Å². The van der Waals surface area contributed by atoms with Gasteiger partial charge in [-0.1, -0.05) is 6.07 Å². The molecule has 0 amide bonds. The summed E-state index contributed by atoms with van der Waals surface area (Å²) in [4.78, 5) is 0. The Hall–Kier alpha value is -1.44. The Morgan fingerprint density at radius 1 is 1.30 bits per heavy atom. The lowest BCUT2D eigenvalue weighted by Crippen LogP contribution is -1.79. The fraction of sp³-hybridized carbons (Fsp3) is 0. The van der Waals surface area contributed by atoms with Gasteiger partial charge in [0, 0.05) is 5.39 Å². The van der Waals surface area contributed by atoms with E-state index in [2.05, 4.69) is 16.3 Å². The first-order valence-corrected chi connectivity index (χ1v) is 3.04. The molecule has 47 valence electrons. The van der Waals surface area contributed by atoms with Crippen molar-refractivity contribution in [2.24, 2.45) is 0 Å². The van der Waals surface area contributed by atoms with Gasteiger partial charge in [-0.25, -0.2) is 0 Å². The Bertz CT molecular complexity index is 278. The summed E-state index contributed by atoms with van der Waals surface area (Å²) >= 11 is 0. The van der Waals surface area contributed by atoms with Crippen LogP contribution in [0.25, 0.3) is 10.9 Å². The van der Waals surface area contributed by atoms with Crippen LogP contribution in [0.4, 0.5) is 0 Å². The van der Waals surface area contributed by atoms with E-state index < -0.39 is 0 Å². The molecule has 0 bridgehead atoms. The first kappa shape index (κ1) is 5.35. The van der Waals surface area contributed by atoms with Crippen LogP contribution >= 0.6 is 0 Å². The van der Waals surface area contributed by atoms with E-state index in [0.717, 1.165) is 10.9 Å². The van der Waals surface area contributed by atoms with Crippen LogP contribution in [-0.2, 0) is 0 Å². The van der Waals surface area contributed by atoms with Crippen LogP contribution in [-0.4, -0.2) is 10.2 Å². The second kappa shape index (κ2) is 2.06. The molecule has 2 rings (SSSR count). The summed E-state index contributed by atoms with van der Waals surface area (Å²) in [6.45, 7) is 0. The van der Waals surface area contributed by atoms with Gasteiger partial charge in [0.2, 0.25) is 0 Å². The van der Waals surface area contributed by atoms with Crippen molar-refractivity contribution >= 4 is 10.9 Å². The third-order valence-corrected chi connectivity index (χ3v) is 1.36. The minimum atomic E-state index is 0.918. The average molecular weight is 129 g/mol. The minimum Gasteiger partial charge on any atom is -0.159 e. The van der Waals surface area contributed by atoms with Gasteiger partial charge in [0.25, 0.3) is 0 Å². The van der Waals surface area contributed by atoms with E-state index in [1.807, 2.05) is 24.3 Å². The first-order chi connectivity index (χ1) is 4.97. The molecule has 1 aromatic heterocycles. The van der Waals surface area contributed by atoms with Crippen molar-refractivity contribution in [3.05, 3.63) is 36.5 Å². The van der Waals surface area contributed by atoms with Crippen LogP contribution in [0.15, 0.2) is 30.5 Å². The van der Waals surface area contributed by atoms with E-state index in [-0.39, 0.29) is 0 Å². The molecule has 0 unspecified atom stereocenters. The summed E-state index contributed by atoms with van der Waals surface area (Å²) < 4.78 is 0. The predicted molar refractivity (Wildman–Crippen MR) is 38.4 cm³/mol. The van der Waals surface area contributed by atoms with E-state index >= 15 is 0 Å². The molecule has 0 fully saturated rings. The summed E-state index contributed by atoms with van der Waals surface area (Å²) in [7, 11) is 0. The molecule has 2 nitrogen and oxygen atoms in total. The molecular formula is C8H5N2. The molecule has 0 spiro atoms. The Morgan fingerprint density at radius 2 is 2.30 bits per heavy atom. The molecule has 0 aliphatic carbocycles. The van der Waals surface area contributed by atoms with E-state index in [4.69, 9.17) is 0 Å². The van der Waals surface area contributed by atoms with Gasteiger partial charge in [0.1, 0.15) is 0 Å². The largest absolute Gasteiger partial charge is 0.159 e. The van der Waals surface area contributed by atoms with Crippen LogP contribution in [0.1, 0.15) is 0 Å². The monoisotopic (exact) mass is 129 g/mol. The Labute approximate surface area is 58.5 Å². The summed E-state index contributed by atoms with van der Waals surface area (Å²) in [5.41, 5.74) is 0.918.